The topological polar surface area (TPSA) is 117 Å². The van der Waals surface area contributed by atoms with E-state index >= 15 is 0 Å². The Labute approximate surface area is 173 Å². The lowest BCUT2D eigenvalue weighted by molar-refractivity contribution is 0.0696. The minimum atomic E-state index is -1.07. The van der Waals surface area contributed by atoms with E-state index in [1.165, 1.54) is 24.3 Å². The Hall–Kier alpha value is -3.94. The highest BCUT2D eigenvalue weighted by Gasteiger charge is 2.20. The maximum Gasteiger partial charge on any atom is 0.335 e. The van der Waals surface area contributed by atoms with Crippen LogP contribution < -0.4 is 5.43 Å². The summed E-state index contributed by atoms with van der Waals surface area (Å²) in [5, 5.41) is 28.1. The second-order valence-electron chi connectivity index (χ2n) is 7.07. The molecule has 0 unspecified atom stereocenters. The molecule has 1 heterocycles. The average molecular weight is 406 g/mol. The number of benzene rings is 2. The Kier molecular flexibility index (Phi) is 5.68. The number of aromatic carboxylic acids is 1. The van der Waals surface area contributed by atoms with Crippen molar-refractivity contribution < 1.29 is 19.8 Å². The molecule has 0 spiro atoms. The van der Waals surface area contributed by atoms with Gasteiger partial charge in [0, 0.05) is 18.2 Å². The van der Waals surface area contributed by atoms with Gasteiger partial charge >= 0.3 is 5.97 Å². The van der Waals surface area contributed by atoms with Crippen molar-refractivity contribution in [3.63, 3.8) is 0 Å². The van der Waals surface area contributed by atoms with Crippen molar-refractivity contribution in [2.24, 2.45) is 12.1 Å². The van der Waals surface area contributed by atoms with Crippen LogP contribution in [-0.2, 0) is 7.05 Å². The quantitative estimate of drug-likeness (QED) is 0.444. The predicted molar refractivity (Wildman–Crippen MR) is 113 cm³/mol. The zero-order chi connectivity index (χ0) is 22.0. The van der Waals surface area contributed by atoms with Crippen LogP contribution in [0, 0.1) is 13.8 Å². The summed E-state index contributed by atoms with van der Waals surface area (Å²) >= 11 is 0. The highest BCUT2D eigenvalue weighted by atomic mass is 16.4. The molecule has 0 aliphatic carbocycles. The van der Waals surface area contributed by atoms with E-state index in [2.05, 4.69) is 15.6 Å². The summed E-state index contributed by atoms with van der Waals surface area (Å²) < 4.78 is 1.57. The van der Waals surface area contributed by atoms with E-state index in [1.807, 2.05) is 32.0 Å². The van der Waals surface area contributed by atoms with Crippen LogP contribution in [0.5, 0.6) is 5.75 Å². The molecular formula is C22H22N4O4. The molecule has 3 aromatic rings. The van der Waals surface area contributed by atoms with Crippen LogP contribution in [0.4, 0.5) is 0 Å². The summed E-state index contributed by atoms with van der Waals surface area (Å²) in [4.78, 5) is 23.2. The number of nitrogens with zero attached hydrogens (tertiary/aromatic N) is 3. The maximum absolute atomic E-state index is 12.3. The fraction of sp³-hybridized carbons (Fsp3) is 0.182. The maximum atomic E-state index is 12.3. The number of aromatic hydroxyl groups is 1. The first kappa shape index (κ1) is 20.8. The molecule has 0 atom stereocenters. The van der Waals surface area contributed by atoms with Gasteiger partial charge in [0.2, 0.25) is 0 Å². The highest BCUT2D eigenvalue weighted by Crippen LogP contribution is 2.33. The number of carboxylic acid groups (broad SMARTS) is 1. The van der Waals surface area contributed by atoms with E-state index in [4.69, 9.17) is 5.11 Å². The second-order valence-corrected chi connectivity index (χ2v) is 7.07. The summed E-state index contributed by atoms with van der Waals surface area (Å²) in [5.74, 6) is -1.60. The van der Waals surface area contributed by atoms with Crippen molar-refractivity contribution in [2.75, 3.05) is 0 Å². The van der Waals surface area contributed by atoms with Gasteiger partial charge in [-0.2, -0.15) is 10.2 Å². The van der Waals surface area contributed by atoms with Gasteiger partial charge in [0.1, 0.15) is 5.69 Å². The van der Waals surface area contributed by atoms with Gasteiger partial charge in [-0.3, -0.25) is 9.48 Å². The van der Waals surface area contributed by atoms with E-state index in [0.29, 0.717) is 11.4 Å². The third-order valence-electron chi connectivity index (χ3n) is 4.58. The van der Waals surface area contributed by atoms with E-state index in [9.17, 15) is 14.7 Å². The largest absolute Gasteiger partial charge is 0.504 e. The second kappa shape index (κ2) is 8.20. The molecule has 0 bridgehead atoms. The molecule has 0 aliphatic heterocycles. The Morgan fingerprint density at radius 2 is 1.60 bits per heavy atom. The van der Waals surface area contributed by atoms with Crippen molar-refractivity contribution >= 4 is 17.6 Å². The van der Waals surface area contributed by atoms with Crippen LogP contribution in [0.3, 0.4) is 0 Å². The lowest BCUT2D eigenvalue weighted by atomic mass is 10.0. The number of hydrazone groups is 1. The van der Waals surface area contributed by atoms with Crippen LogP contribution in [0.25, 0.3) is 11.3 Å². The minimum Gasteiger partial charge on any atom is -0.504 e. The van der Waals surface area contributed by atoms with Gasteiger partial charge in [-0.1, -0.05) is 17.2 Å². The highest BCUT2D eigenvalue weighted by molar-refractivity contribution is 6.02. The molecule has 30 heavy (non-hydrogen) atoms. The fourth-order valence-electron chi connectivity index (χ4n) is 3.21. The molecule has 0 saturated heterocycles. The SMILES string of the molecule is C/C(=N/NC(=O)c1ccc(C(=O)O)cc1)c1nn(C)c(-c2cc(C)cc(C)c2)c1O. The molecule has 3 N–H and O–H groups in total. The van der Waals surface area contributed by atoms with Crippen LogP contribution in [0.2, 0.25) is 0 Å². The van der Waals surface area contributed by atoms with Gasteiger partial charge < -0.3 is 10.2 Å². The zero-order valence-corrected chi connectivity index (χ0v) is 17.1. The molecule has 1 amide bonds. The van der Waals surface area contributed by atoms with Gasteiger partial charge in [-0.15, -0.1) is 0 Å². The van der Waals surface area contributed by atoms with Crippen LogP contribution in [0.15, 0.2) is 47.6 Å². The summed E-state index contributed by atoms with van der Waals surface area (Å²) in [7, 11) is 1.73. The van der Waals surface area contributed by atoms with Gasteiger partial charge in [0.25, 0.3) is 5.91 Å². The summed E-state index contributed by atoms with van der Waals surface area (Å²) in [6.45, 7) is 5.59. The van der Waals surface area contributed by atoms with Crippen LogP contribution >= 0.6 is 0 Å². The van der Waals surface area contributed by atoms with E-state index < -0.39 is 11.9 Å². The lowest BCUT2D eigenvalue weighted by Gasteiger charge is -2.06. The molecule has 8 heteroatoms. The number of carbonyl (C=O) groups excluding carboxylic acids is 1. The number of aryl methyl sites for hydroxylation is 3. The third-order valence-corrected chi connectivity index (χ3v) is 4.58. The van der Waals surface area contributed by atoms with E-state index in [-0.39, 0.29) is 22.6 Å². The monoisotopic (exact) mass is 406 g/mol. The van der Waals surface area contributed by atoms with Gasteiger partial charge in [-0.05, 0) is 57.2 Å². The smallest absolute Gasteiger partial charge is 0.335 e. The molecule has 0 aliphatic rings. The number of carboxylic acids is 1. The number of amides is 1. The molecular weight excluding hydrogens is 384 g/mol. The predicted octanol–water partition coefficient (Wildman–Crippen LogP) is 3.26. The van der Waals surface area contributed by atoms with Gasteiger partial charge in [-0.25, -0.2) is 10.2 Å². The number of aromatic nitrogens is 2. The number of nitrogens with one attached hydrogen (secondary N) is 1. The third kappa shape index (κ3) is 4.22. The normalized spacial score (nSPS) is 11.4. The Morgan fingerprint density at radius 1 is 1.03 bits per heavy atom. The van der Waals surface area contributed by atoms with Crippen LogP contribution in [0.1, 0.15) is 44.5 Å². The zero-order valence-electron chi connectivity index (χ0n) is 17.1. The molecule has 2 aromatic carbocycles. The molecule has 0 radical (unpaired) electrons. The summed E-state index contributed by atoms with van der Waals surface area (Å²) in [6, 6.07) is 11.5. The van der Waals surface area contributed by atoms with Crippen molar-refractivity contribution in [3.8, 4) is 17.0 Å². The number of hydrogen-bond acceptors (Lipinski definition) is 5. The Bertz CT molecular complexity index is 1140. The molecule has 3 rings (SSSR count). The molecule has 1 aromatic heterocycles. The summed E-state index contributed by atoms with van der Waals surface area (Å²) in [6.07, 6.45) is 0. The first-order valence-electron chi connectivity index (χ1n) is 9.20. The van der Waals surface area contributed by atoms with Crippen molar-refractivity contribution in [1.82, 2.24) is 15.2 Å². The van der Waals surface area contributed by atoms with Gasteiger partial charge in [0.15, 0.2) is 11.4 Å². The Balaban J connectivity index is 1.84. The lowest BCUT2D eigenvalue weighted by Crippen LogP contribution is -2.19. The average Bonchev–Trinajstić information content (AvgIpc) is 2.99. The number of rotatable bonds is 5. The molecule has 0 saturated carbocycles. The van der Waals surface area contributed by atoms with Gasteiger partial charge in [0.05, 0.1) is 11.3 Å². The number of carbonyl (C=O) groups is 2. The molecule has 0 fully saturated rings. The standard InChI is InChI=1S/C22H22N4O4/c1-12-9-13(2)11-17(10-12)19-20(27)18(25-26(19)4)14(3)23-24-21(28)15-5-7-16(8-6-15)22(29)30/h5-11,27H,1-4H3,(H,24,28)(H,29,30)/b23-14-. The van der Waals surface area contributed by atoms with E-state index in [1.54, 1.807) is 18.7 Å². The first-order valence-corrected chi connectivity index (χ1v) is 9.20. The summed E-state index contributed by atoms with van der Waals surface area (Å²) in [5.41, 5.74) is 6.86. The van der Waals surface area contributed by atoms with Crippen molar-refractivity contribution in [3.05, 3.63) is 70.4 Å². The van der Waals surface area contributed by atoms with Crippen molar-refractivity contribution in [1.29, 1.82) is 0 Å². The molecule has 8 nitrogen and oxygen atoms in total. The van der Waals surface area contributed by atoms with Crippen molar-refractivity contribution in [2.45, 2.75) is 20.8 Å². The van der Waals surface area contributed by atoms with Crippen LogP contribution in [-0.4, -0.2) is 37.6 Å². The molecule has 154 valence electrons. The Morgan fingerprint density at radius 3 is 2.17 bits per heavy atom. The fourth-order valence-corrected chi connectivity index (χ4v) is 3.21. The van der Waals surface area contributed by atoms with E-state index in [0.717, 1.165) is 16.7 Å². The number of hydrogen-bond donors (Lipinski definition) is 3. The first-order chi connectivity index (χ1) is 14.2. The minimum absolute atomic E-state index is 0.0242.